The number of carbonyl (C=O) groups is 2. The fourth-order valence-electron chi connectivity index (χ4n) is 3.77. The van der Waals surface area contributed by atoms with Crippen molar-refractivity contribution in [3.05, 3.63) is 69.8 Å². The molecule has 0 bridgehead atoms. The Balaban J connectivity index is 1.93. The second-order valence-corrected chi connectivity index (χ2v) is 8.67. The molecule has 1 fully saturated rings. The molecule has 1 aliphatic rings. The number of aliphatic hydroxyl groups excluding tert-OH is 3. The molecule has 0 spiro atoms. The van der Waals surface area contributed by atoms with Gasteiger partial charge in [0.05, 0.1) is 17.1 Å². The van der Waals surface area contributed by atoms with Gasteiger partial charge >= 0.3 is 0 Å². The van der Waals surface area contributed by atoms with Gasteiger partial charge in [-0.1, -0.05) is 18.2 Å². The molecule has 2 aromatic carbocycles. The van der Waals surface area contributed by atoms with E-state index in [9.17, 15) is 35.0 Å². The Morgan fingerprint density at radius 3 is 2.41 bits per heavy atom. The molecule has 5 atom stereocenters. The van der Waals surface area contributed by atoms with Gasteiger partial charge in [-0.05, 0) is 29.8 Å². The molecule has 12 heteroatoms. The molecule has 37 heavy (non-hydrogen) atoms. The van der Waals surface area contributed by atoms with Crippen LogP contribution in [0, 0.1) is 10.1 Å². The van der Waals surface area contributed by atoms with Gasteiger partial charge in [0.25, 0.3) is 5.69 Å². The molecule has 1 aliphatic heterocycles. The third-order valence-corrected chi connectivity index (χ3v) is 5.77. The van der Waals surface area contributed by atoms with Gasteiger partial charge in [0.15, 0.2) is 5.78 Å². The molecular weight excluding hydrogens is 486 g/mol. The van der Waals surface area contributed by atoms with Crippen molar-refractivity contribution in [3.63, 3.8) is 0 Å². The van der Waals surface area contributed by atoms with E-state index in [4.69, 9.17) is 9.47 Å². The summed E-state index contributed by atoms with van der Waals surface area (Å²) in [4.78, 5) is 37.4. The van der Waals surface area contributed by atoms with E-state index >= 15 is 0 Å². The van der Waals surface area contributed by atoms with E-state index in [1.807, 2.05) is 31.1 Å². The molecule has 0 radical (unpaired) electrons. The SMILES string of the molecule is CC(=O)NC1C(Oc2ccc([N+](=O)[O-])cc2C(=O)/C=C/c2ccc(N(C)C)cc2)OC(CO)C(O)C1O. The highest BCUT2D eigenvalue weighted by molar-refractivity contribution is 6.09. The lowest BCUT2D eigenvalue weighted by Crippen LogP contribution is -2.65. The predicted octanol–water partition coefficient (Wildman–Crippen LogP) is 0.879. The Labute approximate surface area is 212 Å². The number of ether oxygens (including phenoxy) is 2. The highest BCUT2D eigenvalue weighted by atomic mass is 16.7. The van der Waals surface area contributed by atoms with Crippen LogP contribution in [0.2, 0.25) is 0 Å². The maximum Gasteiger partial charge on any atom is 0.270 e. The number of rotatable bonds is 9. The van der Waals surface area contributed by atoms with Crippen LogP contribution in [-0.4, -0.2) is 83.3 Å². The molecule has 198 valence electrons. The van der Waals surface area contributed by atoms with Gasteiger partial charge in [-0.25, -0.2) is 0 Å². The van der Waals surface area contributed by atoms with Crippen molar-refractivity contribution in [2.24, 2.45) is 0 Å². The lowest BCUT2D eigenvalue weighted by molar-refractivity contribution is -0.384. The van der Waals surface area contributed by atoms with Crippen molar-refractivity contribution in [2.45, 2.75) is 37.6 Å². The maximum atomic E-state index is 13.1. The summed E-state index contributed by atoms with van der Waals surface area (Å²) in [6.07, 6.45) is -2.99. The van der Waals surface area contributed by atoms with E-state index in [0.29, 0.717) is 0 Å². The highest BCUT2D eigenvalue weighted by Crippen LogP contribution is 2.30. The molecule has 0 saturated carbocycles. The second kappa shape index (κ2) is 11.9. The number of nitro groups is 1. The molecule has 1 amide bonds. The largest absolute Gasteiger partial charge is 0.462 e. The second-order valence-electron chi connectivity index (χ2n) is 8.67. The number of nitrogens with zero attached hydrogens (tertiary/aromatic N) is 2. The predicted molar refractivity (Wildman–Crippen MR) is 133 cm³/mol. The average molecular weight is 516 g/mol. The van der Waals surface area contributed by atoms with Crippen LogP contribution in [0.5, 0.6) is 5.75 Å². The Kier molecular flexibility index (Phi) is 8.95. The molecule has 4 N–H and O–H groups in total. The monoisotopic (exact) mass is 515 g/mol. The number of ketones is 1. The van der Waals surface area contributed by atoms with Gasteiger partial charge in [0.1, 0.15) is 30.1 Å². The van der Waals surface area contributed by atoms with Crippen LogP contribution in [-0.2, 0) is 9.53 Å². The van der Waals surface area contributed by atoms with Crippen LogP contribution in [0.4, 0.5) is 11.4 Å². The Hall–Kier alpha value is -3.84. The van der Waals surface area contributed by atoms with Crippen molar-refractivity contribution >= 4 is 29.1 Å². The Bertz CT molecular complexity index is 1170. The van der Waals surface area contributed by atoms with Gasteiger partial charge in [-0.15, -0.1) is 0 Å². The van der Waals surface area contributed by atoms with Crippen molar-refractivity contribution in [1.82, 2.24) is 5.32 Å². The summed E-state index contributed by atoms with van der Waals surface area (Å²) in [5, 5.41) is 44.0. The summed E-state index contributed by atoms with van der Waals surface area (Å²) in [5.41, 5.74) is 1.16. The van der Waals surface area contributed by atoms with Crippen LogP contribution in [0.3, 0.4) is 0 Å². The van der Waals surface area contributed by atoms with Gasteiger partial charge in [-0.3, -0.25) is 19.7 Å². The van der Waals surface area contributed by atoms with E-state index in [0.717, 1.165) is 23.4 Å². The number of hydrogen-bond donors (Lipinski definition) is 4. The quantitative estimate of drug-likeness (QED) is 0.163. The standard InChI is InChI=1S/C25H29N3O9/c1-14(30)26-22-24(33)23(32)21(13-29)37-25(22)36-20-11-9-17(28(34)35)12-18(20)19(31)10-6-15-4-7-16(8-5-15)27(2)3/h4-12,21-25,29,32-33H,13H2,1-3H3,(H,26,30)/b10-6+. The number of anilines is 1. The van der Waals surface area contributed by atoms with Gasteiger partial charge in [-0.2, -0.15) is 0 Å². The summed E-state index contributed by atoms with van der Waals surface area (Å²) in [7, 11) is 3.79. The van der Waals surface area contributed by atoms with Crippen molar-refractivity contribution < 1.29 is 39.3 Å². The first-order valence-corrected chi connectivity index (χ1v) is 11.4. The number of nitro benzene ring substituents is 1. The van der Waals surface area contributed by atoms with Crippen molar-refractivity contribution in [3.8, 4) is 5.75 Å². The number of carbonyl (C=O) groups excluding carboxylic acids is 2. The third kappa shape index (κ3) is 6.68. The highest BCUT2D eigenvalue weighted by Gasteiger charge is 2.46. The zero-order chi connectivity index (χ0) is 27.3. The van der Waals surface area contributed by atoms with Gasteiger partial charge in [0.2, 0.25) is 12.2 Å². The van der Waals surface area contributed by atoms with Gasteiger partial charge < -0.3 is 35.0 Å². The lowest BCUT2D eigenvalue weighted by Gasteiger charge is -2.42. The van der Waals surface area contributed by atoms with Crippen LogP contribution < -0.4 is 15.0 Å². The first kappa shape index (κ1) is 27.7. The van der Waals surface area contributed by atoms with Gasteiger partial charge in [0, 0.05) is 38.8 Å². The summed E-state index contributed by atoms with van der Waals surface area (Å²) in [5.74, 6) is -1.29. The average Bonchev–Trinajstić information content (AvgIpc) is 2.86. The van der Waals surface area contributed by atoms with Crippen molar-refractivity contribution in [2.75, 3.05) is 25.6 Å². The summed E-state index contributed by atoms with van der Waals surface area (Å²) >= 11 is 0. The fraction of sp³-hybridized carbons (Fsp3) is 0.360. The van der Waals surface area contributed by atoms with Crippen molar-refractivity contribution in [1.29, 1.82) is 0 Å². The number of amides is 1. The first-order chi connectivity index (χ1) is 17.5. The summed E-state index contributed by atoms with van der Waals surface area (Å²) in [6, 6.07) is 9.45. The first-order valence-electron chi connectivity index (χ1n) is 11.4. The minimum Gasteiger partial charge on any atom is -0.462 e. The minimum absolute atomic E-state index is 0.121. The van der Waals surface area contributed by atoms with E-state index in [1.165, 1.54) is 19.1 Å². The molecule has 0 aliphatic carbocycles. The number of benzene rings is 2. The zero-order valence-electron chi connectivity index (χ0n) is 20.5. The van der Waals surface area contributed by atoms with Crippen LogP contribution in [0.1, 0.15) is 22.8 Å². The van der Waals surface area contributed by atoms with E-state index in [-0.39, 0.29) is 17.0 Å². The molecule has 12 nitrogen and oxygen atoms in total. The summed E-state index contributed by atoms with van der Waals surface area (Å²) in [6.45, 7) is 0.525. The molecule has 2 aromatic rings. The van der Waals surface area contributed by atoms with Crippen LogP contribution in [0.25, 0.3) is 6.08 Å². The smallest absolute Gasteiger partial charge is 0.270 e. The van der Waals surface area contributed by atoms with E-state index in [1.54, 1.807) is 18.2 Å². The number of non-ortho nitro benzene ring substituents is 1. The normalized spacial score (nSPS) is 23.5. The zero-order valence-corrected chi connectivity index (χ0v) is 20.5. The fourth-order valence-corrected chi connectivity index (χ4v) is 3.77. The topological polar surface area (TPSA) is 172 Å². The summed E-state index contributed by atoms with van der Waals surface area (Å²) < 4.78 is 11.3. The number of aliphatic hydroxyl groups is 3. The maximum absolute atomic E-state index is 13.1. The Morgan fingerprint density at radius 2 is 1.84 bits per heavy atom. The van der Waals surface area contributed by atoms with E-state index in [2.05, 4.69) is 5.32 Å². The number of hydrogen-bond acceptors (Lipinski definition) is 10. The molecule has 3 rings (SSSR count). The number of nitrogens with one attached hydrogen (secondary N) is 1. The van der Waals surface area contributed by atoms with E-state index < -0.39 is 53.9 Å². The lowest BCUT2D eigenvalue weighted by atomic mass is 9.97. The Morgan fingerprint density at radius 1 is 1.16 bits per heavy atom. The molecular formula is C25H29N3O9. The minimum atomic E-state index is -1.57. The van der Waals surface area contributed by atoms with Crippen LogP contribution >= 0.6 is 0 Å². The van der Waals surface area contributed by atoms with Crippen LogP contribution in [0.15, 0.2) is 48.5 Å². The molecule has 1 saturated heterocycles. The number of allylic oxidation sites excluding steroid dienone is 1. The molecule has 1 heterocycles. The molecule has 0 aromatic heterocycles. The third-order valence-electron chi connectivity index (χ3n) is 5.77. The molecule has 5 unspecified atom stereocenters.